The highest BCUT2D eigenvalue weighted by Crippen LogP contribution is 2.16. The topological polar surface area (TPSA) is 52.0 Å². The van der Waals surface area contributed by atoms with Gasteiger partial charge in [0.25, 0.3) is 0 Å². The Kier molecular flexibility index (Phi) is 4.85. The summed E-state index contributed by atoms with van der Waals surface area (Å²) in [5, 5.41) is 0.0648. The molecule has 0 aromatic heterocycles. The van der Waals surface area contributed by atoms with Gasteiger partial charge in [0.05, 0.1) is 5.02 Å². The zero-order valence-corrected chi connectivity index (χ0v) is 9.30. The zero-order chi connectivity index (χ0) is 11.3. The van der Waals surface area contributed by atoms with Crippen molar-refractivity contribution in [3.8, 4) is 0 Å². The number of nitrogen functional groups attached to an aromatic ring is 1. The lowest BCUT2D eigenvalue weighted by Crippen LogP contribution is -2.13. The Labute approximate surface area is 94.4 Å². The van der Waals surface area contributed by atoms with E-state index in [-0.39, 0.29) is 5.02 Å². The van der Waals surface area contributed by atoms with E-state index in [0.717, 1.165) is 0 Å². The van der Waals surface area contributed by atoms with E-state index in [2.05, 4.69) is 0 Å². The summed E-state index contributed by atoms with van der Waals surface area (Å²) in [6, 6.07) is 4.61. The Balaban J connectivity index is 0.000000162. The van der Waals surface area contributed by atoms with Crippen LogP contribution in [0.2, 0.25) is 5.02 Å². The minimum atomic E-state index is -0.439. The number of nitrogens with two attached hydrogens (primary N) is 2. The molecule has 0 heterocycles. The van der Waals surface area contributed by atoms with Crippen LogP contribution in [0.15, 0.2) is 18.2 Å². The van der Waals surface area contributed by atoms with E-state index in [1.54, 1.807) is 0 Å². The second-order valence-electron chi connectivity index (χ2n) is 3.72. The van der Waals surface area contributed by atoms with Gasteiger partial charge in [-0.25, -0.2) is 4.39 Å². The predicted molar refractivity (Wildman–Crippen MR) is 62.3 cm³/mol. The minimum absolute atomic E-state index is 0.0648. The molecule has 0 saturated heterocycles. The molecule has 2 nitrogen and oxygen atoms in total. The molecule has 0 bridgehead atoms. The Bertz CT molecular complexity index is 311. The van der Waals surface area contributed by atoms with Crippen molar-refractivity contribution in [3.63, 3.8) is 0 Å². The van der Waals surface area contributed by atoms with Crippen LogP contribution in [0.1, 0.15) is 25.7 Å². The number of hydrogen-bond donors (Lipinski definition) is 2. The third-order valence-corrected chi connectivity index (χ3v) is 2.63. The van der Waals surface area contributed by atoms with Crippen molar-refractivity contribution in [3.05, 3.63) is 29.0 Å². The van der Waals surface area contributed by atoms with Gasteiger partial charge in [-0.05, 0) is 31.0 Å². The Morgan fingerprint density at radius 1 is 1.27 bits per heavy atom. The van der Waals surface area contributed by atoms with E-state index in [1.165, 1.54) is 43.9 Å². The largest absolute Gasteiger partial charge is 0.399 e. The molecular weight excluding hydrogens is 215 g/mol. The van der Waals surface area contributed by atoms with Crippen LogP contribution in [0, 0.1) is 5.82 Å². The highest BCUT2D eigenvalue weighted by molar-refractivity contribution is 6.31. The quantitative estimate of drug-likeness (QED) is 0.674. The average molecular weight is 231 g/mol. The second-order valence-corrected chi connectivity index (χ2v) is 4.13. The van der Waals surface area contributed by atoms with E-state index >= 15 is 0 Å². The van der Waals surface area contributed by atoms with Gasteiger partial charge in [-0.15, -0.1) is 0 Å². The van der Waals surface area contributed by atoms with Crippen molar-refractivity contribution in [2.45, 2.75) is 31.7 Å². The number of hydrogen-bond acceptors (Lipinski definition) is 2. The Hall–Kier alpha value is -0.800. The molecule has 84 valence electrons. The normalized spacial score (nSPS) is 15.9. The van der Waals surface area contributed by atoms with Crippen molar-refractivity contribution < 1.29 is 4.39 Å². The van der Waals surface area contributed by atoms with Gasteiger partial charge < -0.3 is 11.5 Å². The van der Waals surface area contributed by atoms with Crippen LogP contribution in [-0.4, -0.2) is 6.04 Å². The standard InChI is InChI=1S/C6H5ClFN.C5H11N/c7-5-3-4(9)1-2-6(5)8;6-5-3-1-2-4-5/h1-3H,9H2;5H,1-4,6H2. The van der Waals surface area contributed by atoms with Crippen LogP contribution in [0.5, 0.6) is 0 Å². The van der Waals surface area contributed by atoms with Gasteiger partial charge in [0, 0.05) is 11.7 Å². The van der Waals surface area contributed by atoms with Gasteiger partial charge in [-0.3, -0.25) is 0 Å². The maximum Gasteiger partial charge on any atom is 0.141 e. The van der Waals surface area contributed by atoms with E-state index in [4.69, 9.17) is 23.1 Å². The molecule has 1 aliphatic carbocycles. The van der Waals surface area contributed by atoms with Crippen LogP contribution < -0.4 is 11.5 Å². The molecule has 2 rings (SSSR count). The zero-order valence-electron chi connectivity index (χ0n) is 8.55. The van der Waals surface area contributed by atoms with Crippen LogP contribution in [0.4, 0.5) is 10.1 Å². The first kappa shape index (κ1) is 12.3. The molecule has 1 aromatic rings. The lowest BCUT2D eigenvalue weighted by molar-refractivity contribution is 0.628. The molecule has 0 amide bonds. The maximum atomic E-state index is 12.3. The van der Waals surface area contributed by atoms with Crippen LogP contribution in [0.3, 0.4) is 0 Å². The number of benzene rings is 1. The highest BCUT2D eigenvalue weighted by Gasteiger charge is 2.07. The fourth-order valence-corrected chi connectivity index (χ4v) is 1.66. The first-order chi connectivity index (χ1) is 7.09. The summed E-state index contributed by atoms with van der Waals surface area (Å²) in [5.74, 6) is -0.439. The van der Waals surface area contributed by atoms with Crippen molar-refractivity contribution in [2.75, 3.05) is 5.73 Å². The van der Waals surface area contributed by atoms with Crippen molar-refractivity contribution in [2.24, 2.45) is 5.73 Å². The number of rotatable bonds is 0. The molecule has 4 N–H and O–H groups in total. The molecule has 1 saturated carbocycles. The van der Waals surface area contributed by atoms with Crippen molar-refractivity contribution >= 4 is 17.3 Å². The molecule has 0 radical (unpaired) electrons. The lowest BCUT2D eigenvalue weighted by Gasteiger charge is -1.93. The van der Waals surface area contributed by atoms with Gasteiger partial charge in [0.15, 0.2) is 0 Å². The molecule has 1 fully saturated rings. The molecule has 15 heavy (non-hydrogen) atoms. The molecule has 1 aromatic carbocycles. The summed E-state index contributed by atoms with van der Waals surface area (Å²) in [7, 11) is 0. The van der Waals surface area contributed by atoms with E-state index in [1.807, 2.05) is 0 Å². The fraction of sp³-hybridized carbons (Fsp3) is 0.455. The van der Waals surface area contributed by atoms with Gasteiger partial charge in [0.1, 0.15) is 5.82 Å². The summed E-state index contributed by atoms with van der Waals surface area (Å²) >= 11 is 5.36. The molecule has 0 unspecified atom stereocenters. The third kappa shape index (κ3) is 4.49. The second kappa shape index (κ2) is 5.93. The monoisotopic (exact) mass is 230 g/mol. The molecule has 4 heteroatoms. The van der Waals surface area contributed by atoms with Gasteiger partial charge in [0.2, 0.25) is 0 Å². The summed E-state index contributed by atoms with van der Waals surface area (Å²) in [5.41, 5.74) is 11.3. The summed E-state index contributed by atoms with van der Waals surface area (Å²) < 4.78 is 12.3. The van der Waals surface area contributed by atoms with Crippen LogP contribution in [-0.2, 0) is 0 Å². The molecule has 0 spiro atoms. The minimum Gasteiger partial charge on any atom is -0.399 e. The van der Waals surface area contributed by atoms with Crippen molar-refractivity contribution in [1.29, 1.82) is 0 Å². The van der Waals surface area contributed by atoms with E-state index in [0.29, 0.717) is 11.7 Å². The van der Waals surface area contributed by atoms with Gasteiger partial charge >= 0.3 is 0 Å². The molecule has 0 atom stereocenters. The van der Waals surface area contributed by atoms with Crippen LogP contribution in [0.25, 0.3) is 0 Å². The van der Waals surface area contributed by atoms with E-state index < -0.39 is 5.82 Å². The first-order valence-corrected chi connectivity index (χ1v) is 5.43. The SMILES string of the molecule is NC1CCCC1.Nc1ccc(F)c(Cl)c1. The van der Waals surface area contributed by atoms with Gasteiger partial charge in [-0.2, -0.15) is 0 Å². The summed E-state index contributed by atoms with van der Waals surface area (Å²) in [4.78, 5) is 0. The molecular formula is C11H16ClFN2. The Morgan fingerprint density at radius 2 is 1.87 bits per heavy atom. The summed E-state index contributed by atoms with van der Waals surface area (Å²) in [6.07, 6.45) is 5.25. The summed E-state index contributed by atoms with van der Waals surface area (Å²) in [6.45, 7) is 0. The number of halogens is 2. The average Bonchev–Trinajstić information content (AvgIpc) is 2.64. The molecule has 1 aliphatic rings. The molecule has 0 aliphatic heterocycles. The predicted octanol–water partition coefficient (Wildman–Crippen LogP) is 2.95. The smallest absolute Gasteiger partial charge is 0.141 e. The number of anilines is 1. The van der Waals surface area contributed by atoms with E-state index in [9.17, 15) is 4.39 Å². The third-order valence-electron chi connectivity index (χ3n) is 2.34. The lowest BCUT2D eigenvalue weighted by atomic mass is 10.3. The van der Waals surface area contributed by atoms with Gasteiger partial charge in [-0.1, -0.05) is 24.4 Å². The highest BCUT2D eigenvalue weighted by atomic mass is 35.5. The Morgan fingerprint density at radius 3 is 2.20 bits per heavy atom. The first-order valence-electron chi connectivity index (χ1n) is 5.05. The van der Waals surface area contributed by atoms with Crippen molar-refractivity contribution in [1.82, 2.24) is 0 Å². The fourth-order valence-electron chi connectivity index (χ4n) is 1.47. The van der Waals surface area contributed by atoms with Crippen LogP contribution >= 0.6 is 11.6 Å². The maximum absolute atomic E-state index is 12.3.